The first kappa shape index (κ1) is 12.1. The highest BCUT2D eigenvalue weighted by Gasteiger charge is 2.09. The summed E-state index contributed by atoms with van der Waals surface area (Å²) in [5.74, 6) is -0.222. The number of H-pyrrole nitrogens is 1. The van der Waals surface area contributed by atoms with Crippen LogP contribution in [0.2, 0.25) is 0 Å². The maximum absolute atomic E-state index is 13.6. The number of aromatic nitrogens is 2. The standard InChI is InChI=1S/C15H13FN2S/c1-9-4-3-5-11(6-9)18-14-7-10(2)12(16)8-13(14)17-15(18)19/h3-8H,1-2H3,(H,17,19). The Labute approximate surface area is 115 Å². The molecule has 0 radical (unpaired) electrons. The van der Waals surface area contributed by atoms with Gasteiger partial charge in [-0.1, -0.05) is 12.1 Å². The molecule has 0 aliphatic carbocycles. The van der Waals surface area contributed by atoms with Gasteiger partial charge in [0, 0.05) is 5.69 Å². The van der Waals surface area contributed by atoms with Gasteiger partial charge in [-0.2, -0.15) is 0 Å². The molecular formula is C15H13FN2S. The van der Waals surface area contributed by atoms with Gasteiger partial charge in [0.25, 0.3) is 0 Å². The molecule has 0 aliphatic heterocycles. The number of hydrogen-bond acceptors (Lipinski definition) is 1. The Morgan fingerprint density at radius 1 is 1.16 bits per heavy atom. The van der Waals surface area contributed by atoms with Gasteiger partial charge >= 0.3 is 0 Å². The predicted molar refractivity (Wildman–Crippen MR) is 77.9 cm³/mol. The average molecular weight is 272 g/mol. The molecule has 0 aliphatic rings. The van der Waals surface area contributed by atoms with Crippen molar-refractivity contribution < 1.29 is 4.39 Å². The van der Waals surface area contributed by atoms with Crippen molar-refractivity contribution in [3.63, 3.8) is 0 Å². The Kier molecular flexibility index (Phi) is 2.75. The highest BCUT2D eigenvalue weighted by atomic mass is 32.1. The van der Waals surface area contributed by atoms with Crippen LogP contribution in [-0.2, 0) is 0 Å². The first-order chi connectivity index (χ1) is 9.06. The summed E-state index contributed by atoms with van der Waals surface area (Å²) in [7, 11) is 0. The molecule has 1 aromatic heterocycles. The van der Waals surface area contributed by atoms with Crippen molar-refractivity contribution in [1.29, 1.82) is 0 Å². The number of halogens is 1. The molecule has 4 heteroatoms. The Balaban J connectivity index is 2.38. The van der Waals surface area contributed by atoms with E-state index in [1.54, 1.807) is 6.92 Å². The molecule has 19 heavy (non-hydrogen) atoms. The fourth-order valence-corrected chi connectivity index (χ4v) is 2.57. The van der Waals surface area contributed by atoms with Crippen LogP contribution in [0.4, 0.5) is 4.39 Å². The van der Waals surface area contributed by atoms with E-state index in [4.69, 9.17) is 12.2 Å². The van der Waals surface area contributed by atoms with E-state index in [1.807, 2.05) is 35.8 Å². The molecule has 0 spiro atoms. The number of nitrogens with one attached hydrogen (secondary N) is 1. The van der Waals surface area contributed by atoms with E-state index in [9.17, 15) is 4.39 Å². The quantitative estimate of drug-likeness (QED) is 0.649. The van der Waals surface area contributed by atoms with Crippen molar-refractivity contribution in [2.24, 2.45) is 0 Å². The lowest BCUT2D eigenvalue weighted by atomic mass is 10.2. The van der Waals surface area contributed by atoms with Gasteiger partial charge in [-0.3, -0.25) is 4.57 Å². The second-order valence-electron chi connectivity index (χ2n) is 4.72. The monoisotopic (exact) mass is 272 g/mol. The summed E-state index contributed by atoms with van der Waals surface area (Å²) >= 11 is 5.35. The average Bonchev–Trinajstić information content (AvgIpc) is 2.65. The molecule has 96 valence electrons. The second kappa shape index (κ2) is 4.31. The molecule has 1 heterocycles. The smallest absolute Gasteiger partial charge is 0.182 e. The SMILES string of the molecule is Cc1cccc(-n2c(=S)[nH]c3cc(F)c(C)cc32)c1. The first-order valence-corrected chi connectivity index (χ1v) is 6.45. The van der Waals surface area contributed by atoms with Gasteiger partial charge in [-0.15, -0.1) is 0 Å². The Morgan fingerprint density at radius 3 is 2.68 bits per heavy atom. The molecule has 0 fully saturated rings. The normalized spacial score (nSPS) is 11.1. The fourth-order valence-electron chi connectivity index (χ4n) is 2.26. The van der Waals surface area contributed by atoms with Crippen molar-refractivity contribution >= 4 is 23.3 Å². The van der Waals surface area contributed by atoms with Crippen LogP contribution < -0.4 is 0 Å². The lowest BCUT2D eigenvalue weighted by Gasteiger charge is -2.06. The van der Waals surface area contributed by atoms with E-state index < -0.39 is 0 Å². The molecule has 2 aromatic carbocycles. The summed E-state index contributed by atoms with van der Waals surface area (Å²) in [4.78, 5) is 3.05. The van der Waals surface area contributed by atoms with Gasteiger partial charge in [0.2, 0.25) is 0 Å². The van der Waals surface area contributed by atoms with E-state index in [2.05, 4.69) is 11.1 Å². The van der Waals surface area contributed by atoms with Gasteiger partial charge in [-0.25, -0.2) is 4.39 Å². The molecule has 0 amide bonds. The number of hydrogen-bond donors (Lipinski definition) is 1. The largest absolute Gasteiger partial charge is 0.330 e. The van der Waals surface area contributed by atoms with Crippen LogP contribution in [-0.4, -0.2) is 9.55 Å². The van der Waals surface area contributed by atoms with E-state index in [-0.39, 0.29) is 5.82 Å². The zero-order valence-corrected chi connectivity index (χ0v) is 11.5. The van der Waals surface area contributed by atoms with Crippen molar-refractivity contribution in [2.45, 2.75) is 13.8 Å². The Morgan fingerprint density at radius 2 is 1.95 bits per heavy atom. The van der Waals surface area contributed by atoms with E-state index in [1.165, 1.54) is 6.07 Å². The second-order valence-corrected chi connectivity index (χ2v) is 5.11. The number of fused-ring (bicyclic) bond motifs is 1. The van der Waals surface area contributed by atoms with Crippen LogP contribution in [0.25, 0.3) is 16.7 Å². The van der Waals surface area contributed by atoms with Crippen LogP contribution in [0, 0.1) is 24.4 Å². The summed E-state index contributed by atoms with van der Waals surface area (Å²) in [6.07, 6.45) is 0. The highest BCUT2D eigenvalue weighted by molar-refractivity contribution is 7.71. The molecule has 2 nitrogen and oxygen atoms in total. The third-order valence-corrected chi connectivity index (χ3v) is 3.51. The predicted octanol–water partition coefficient (Wildman–Crippen LogP) is 4.44. The first-order valence-electron chi connectivity index (χ1n) is 6.04. The Hall–Kier alpha value is -1.94. The topological polar surface area (TPSA) is 20.7 Å². The van der Waals surface area contributed by atoms with E-state index in [0.29, 0.717) is 10.3 Å². The molecule has 0 saturated heterocycles. The number of aromatic amines is 1. The number of benzene rings is 2. The van der Waals surface area contributed by atoms with Crippen LogP contribution in [0.15, 0.2) is 36.4 Å². The summed E-state index contributed by atoms with van der Waals surface area (Å²) in [5, 5.41) is 0. The molecule has 0 bridgehead atoms. The third kappa shape index (κ3) is 1.98. The van der Waals surface area contributed by atoms with Crippen LogP contribution >= 0.6 is 12.2 Å². The van der Waals surface area contributed by atoms with E-state index in [0.717, 1.165) is 22.3 Å². The Bertz CT molecular complexity index is 830. The van der Waals surface area contributed by atoms with Crippen molar-refractivity contribution in [1.82, 2.24) is 9.55 Å². The summed E-state index contributed by atoms with van der Waals surface area (Å²) in [6, 6.07) is 11.4. The zero-order chi connectivity index (χ0) is 13.6. The van der Waals surface area contributed by atoms with Gasteiger partial charge in [0.1, 0.15) is 5.82 Å². The number of rotatable bonds is 1. The fraction of sp³-hybridized carbons (Fsp3) is 0.133. The van der Waals surface area contributed by atoms with Crippen molar-refractivity contribution in [3.8, 4) is 5.69 Å². The molecule has 0 unspecified atom stereocenters. The molecule has 1 N–H and O–H groups in total. The van der Waals surface area contributed by atoms with Crippen LogP contribution in [0.1, 0.15) is 11.1 Å². The highest BCUT2D eigenvalue weighted by Crippen LogP contribution is 2.23. The van der Waals surface area contributed by atoms with Crippen molar-refractivity contribution in [2.75, 3.05) is 0 Å². The summed E-state index contributed by atoms with van der Waals surface area (Å²) in [6.45, 7) is 3.79. The molecule has 0 saturated carbocycles. The molecule has 0 atom stereocenters. The van der Waals surface area contributed by atoms with Gasteiger partial charge in [-0.05, 0) is 61.5 Å². The van der Waals surface area contributed by atoms with Gasteiger partial charge in [0.15, 0.2) is 4.77 Å². The van der Waals surface area contributed by atoms with Gasteiger partial charge in [0.05, 0.1) is 11.0 Å². The number of imidazole rings is 1. The minimum atomic E-state index is -0.222. The third-order valence-electron chi connectivity index (χ3n) is 3.22. The lowest BCUT2D eigenvalue weighted by Crippen LogP contribution is -1.95. The minimum Gasteiger partial charge on any atom is -0.330 e. The van der Waals surface area contributed by atoms with Crippen LogP contribution in [0.5, 0.6) is 0 Å². The zero-order valence-electron chi connectivity index (χ0n) is 10.7. The lowest BCUT2D eigenvalue weighted by molar-refractivity contribution is 0.620. The molecular weight excluding hydrogens is 259 g/mol. The maximum Gasteiger partial charge on any atom is 0.182 e. The number of aryl methyl sites for hydroxylation is 2. The minimum absolute atomic E-state index is 0.222. The molecule has 3 aromatic rings. The summed E-state index contributed by atoms with van der Waals surface area (Å²) in [5.41, 5.74) is 4.38. The molecule has 3 rings (SSSR count). The summed E-state index contributed by atoms with van der Waals surface area (Å²) < 4.78 is 16.1. The van der Waals surface area contributed by atoms with Gasteiger partial charge < -0.3 is 4.98 Å². The van der Waals surface area contributed by atoms with E-state index >= 15 is 0 Å². The van der Waals surface area contributed by atoms with Crippen LogP contribution in [0.3, 0.4) is 0 Å². The maximum atomic E-state index is 13.6. The number of nitrogens with zero attached hydrogens (tertiary/aromatic N) is 1. The van der Waals surface area contributed by atoms with Crippen molar-refractivity contribution in [3.05, 3.63) is 58.1 Å².